The highest BCUT2D eigenvalue weighted by Crippen LogP contribution is 2.38. The number of ketones is 1. The van der Waals surface area contributed by atoms with Crippen molar-refractivity contribution in [3.63, 3.8) is 0 Å². The zero-order valence-electron chi connectivity index (χ0n) is 13.9. The quantitative estimate of drug-likeness (QED) is 0.626. The molecule has 24 heavy (non-hydrogen) atoms. The molecular formula is C19H23NO4. The zero-order chi connectivity index (χ0) is 16.9. The average Bonchev–Trinajstić information content (AvgIpc) is 2.62. The number of esters is 1. The summed E-state index contributed by atoms with van der Waals surface area (Å²) in [5, 5.41) is 0. The van der Waals surface area contributed by atoms with E-state index in [1.807, 2.05) is 30.3 Å². The summed E-state index contributed by atoms with van der Waals surface area (Å²) in [6.07, 6.45) is 2.30. The van der Waals surface area contributed by atoms with Crippen molar-refractivity contribution in [1.29, 1.82) is 0 Å². The smallest absolute Gasteiger partial charge is 0.317 e. The predicted octanol–water partition coefficient (Wildman–Crippen LogP) is 2.14. The highest BCUT2D eigenvalue weighted by molar-refractivity contribution is 6.07. The van der Waals surface area contributed by atoms with Crippen molar-refractivity contribution >= 4 is 11.8 Å². The van der Waals surface area contributed by atoms with E-state index in [0.29, 0.717) is 19.6 Å². The minimum Gasteiger partial charge on any atom is -0.465 e. The molecule has 5 nitrogen and oxygen atoms in total. The lowest BCUT2D eigenvalue weighted by molar-refractivity contribution is -0.152. The van der Waals surface area contributed by atoms with E-state index >= 15 is 0 Å². The first-order chi connectivity index (χ1) is 11.7. The summed E-state index contributed by atoms with van der Waals surface area (Å²) < 4.78 is 10.6. The molecule has 5 heteroatoms. The number of rotatable bonds is 4. The molecule has 1 aromatic carbocycles. The van der Waals surface area contributed by atoms with Crippen LogP contribution < -0.4 is 0 Å². The van der Waals surface area contributed by atoms with Crippen molar-refractivity contribution in [2.24, 2.45) is 5.92 Å². The molecule has 0 amide bonds. The SMILES string of the molecule is CCOC(=O)[C@@H]1C(=O)C=C(N2CCOCC2)C[C@@H]1c1ccccc1. The maximum Gasteiger partial charge on any atom is 0.317 e. The van der Waals surface area contributed by atoms with E-state index in [1.54, 1.807) is 13.0 Å². The van der Waals surface area contributed by atoms with Gasteiger partial charge in [-0.2, -0.15) is 0 Å². The molecule has 0 radical (unpaired) electrons. The number of hydrogen-bond acceptors (Lipinski definition) is 5. The molecule has 0 aromatic heterocycles. The van der Waals surface area contributed by atoms with Gasteiger partial charge in [0.1, 0.15) is 5.92 Å². The van der Waals surface area contributed by atoms with Gasteiger partial charge in [-0.25, -0.2) is 0 Å². The van der Waals surface area contributed by atoms with E-state index < -0.39 is 11.9 Å². The van der Waals surface area contributed by atoms with Gasteiger partial charge in [0.05, 0.1) is 19.8 Å². The average molecular weight is 329 g/mol. The number of carbonyl (C=O) groups is 2. The second kappa shape index (κ2) is 7.62. The standard InChI is InChI=1S/C19H23NO4/c1-2-24-19(22)18-16(14-6-4-3-5-7-14)12-15(13-17(18)21)20-8-10-23-11-9-20/h3-7,13,16,18H,2,8-12H2,1H3/t16-,18+/m1/s1. The summed E-state index contributed by atoms with van der Waals surface area (Å²) in [6, 6.07) is 9.77. The van der Waals surface area contributed by atoms with E-state index in [1.165, 1.54) is 0 Å². The fourth-order valence-electron chi connectivity index (χ4n) is 3.45. The van der Waals surface area contributed by atoms with E-state index in [2.05, 4.69) is 4.90 Å². The Kier molecular flexibility index (Phi) is 5.30. The normalized spacial score (nSPS) is 24.5. The molecule has 1 aliphatic heterocycles. The van der Waals surface area contributed by atoms with E-state index in [4.69, 9.17) is 9.47 Å². The Morgan fingerprint density at radius 1 is 1.25 bits per heavy atom. The summed E-state index contributed by atoms with van der Waals surface area (Å²) >= 11 is 0. The highest BCUT2D eigenvalue weighted by atomic mass is 16.5. The lowest BCUT2D eigenvalue weighted by atomic mass is 9.76. The molecule has 1 aromatic rings. The number of carbonyl (C=O) groups excluding carboxylic acids is 2. The Morgan fingerprint density at radius 3 is 2.62 bits per heavy atom. The molecule has 1 saturated heterocycles. The molecule has 0 N–H and O–H groups in total. The van der Waals surface area contributed by atoms with Crippen LogP contribution in [0, 0.1) is 5.92 Å². The first kappa shape index (κ1) is 16.7. The van der Waals surface area contributed by atoms with Crippen molar-refractivity contribution < 1.29 is 19.1 Å². The topological polar surface area (TPSA) is 55.8 Å². The Labute approximate surface area is 142 Å². The van der Waals surface area contributed by atoms with Crippen LogP contribution in [-0.2, 0) is 19.1 Å². The van der Waals surface area contributed by atoms with Crippen molar-refractivity contribution in [3.8, 4) is 0 Å². The molecule has 1 heterocycles. The molecule has 2 atom stereocenters. The van der Waals surface area contributed by atoms with E-state index in [-0.39, 0.29) is 18.3 Å². The van der Waals surface area contributed by atoms with Gasteiger partial charge in [-0.05, 0) is 18.9 Å². The summed E-state index contributed by atoms with van der Waals surface area (Å²) in [6.45, 7) is 4.95. The minimum absolute atomic E-state index is 0.157. The van der Waals surface area contributed by atoms with Crippen LogP contribution in [0.3, 0.4) is 0 Å². The second-order valence-electron chi connectivity index (χ2n) is 6.09. The number of allylic oxidation sites excluding steroid dienone is 2. The summed E-state index contributed by atoms with van der Waals surface area (Å²) in [4.78, 5) is 27.3. The largest absolute Gasteiger partial charge is 0.465 e. The molecule has 2 aliphatic rings. The maximum atomic E-state index is 12.7. The monoisotopic (exact) mass is 329 g/mol. The second-order valence-corrected chi connectivity index (χ2v) is 6.09. The van der Waals surface area contributed by atoms with Gasteiger partial charge in [0, 0.05) is 30.8 Å². The third-order valence-corrected chi connectivity index (χ3v) is 4.63. The Morgan fingerprint density at radius 2 is 1.96 bits per heavy atom. The van der Waals surface area contributed by atoms with Gasteiger partial charge in [-0.15, -0.1) is 0 Å². The number of hydrogen-bond donors (Lipinski definition) is 0. The van der Waals surface area contributed by atoms with Gasteiger partial charge in [0.25, 0.3) is 0 Å². The van der Waals surface area contributed by atoms with E-state index in [9.17, 15) is 9.59 Å². The van der Waals surface area contributed by atoms with Crippen LogP contribution in [0.1, 0.15) is 24.8 Å². The Bertz CT molecular complexity index is 620. The van der Waals surface area contributed by atoms with Crippen LogP contribution in [-0.4, -0.2) is 49.6 Å². The first-order valence-electron chi connectivity index (χ1n) is 8.49. The molecule has 0 bridgehead atoms. The van der Waals surface area contributed by atoms with E-state index in [0.717, 1.165) is 24.4 Å². The van der Waals surface area contributed by atoms with Gasteiger partial charge < -0.3 is 14.4 Å². The third kappa shape index (κ3) is 3.51. The first-order valence-corrected chi connectivity index (χ1v) is 8.49. The molecule has 1 aliphatic carbocycles. The summed E-state index contributed by atoms with van der Waals surface area (Å²) in [5.41, 5.74) is 2.00. The van der Waals surface area contributed by atoms with Crippen LogP contribution in [0.25, 0.3) is 0 Å². The van der Waals surface area contributed by atoms with Crippen molar-refractivity contribution in [2.75, 3.05) is 32.9 Å². The van der Waals surface area contributed by atoms with Crippen LogP contribution in [0.2, 0.25) is 0 Å². The highest BCUT2D eigenvalue weighted by Gasteiger charge is 2.40. The molecule has 3 rings (SSSR count). The Hall–Kier alpha value is -2.14. The molecule has 0 spiro atoms. The lowest BCUT2D eigenvalue weighted by Gasteiger charge is -2.37. The number of morpholine rings is 1. The molecular weight excluding hydrogens is 306 g/mol. The van der Waals surface area contributed by atoms with Crippen LogP contribution in [0.5, 0.6) is 0 Å². The fraction of sp³-hybridized carbons (Fsp3) is 0.474. The third-order valence-electron chi connectivity index (χ3n) is 4.63. The Balaban J connectivity index is 1.91. The van der Waals surface area contributed by atoms with Crippen LogP contribution in [0.4, 0.5) is 0 Å². The van der Waals surface area contributed by atoms with Gasteiger partial charge in [0.15, 0.2) is 5.78 Å². The van der Waals surface area contributed by atoms with Crippen molar-refractivity contribution in [1.82, 2.24) is 4.90 Å². The van der Waals surface area contributed by atoms with Gasteiger partial charge >= 0.3 is 5.97 Å². The fourth-order valence-corrected chi connectivity index (χ4v) is 3.45. The molecule has 0 saturated carbocycles. The lowest BCUT2D eigenvalue weighted by Crippen LogP contribution is -2.41. The van der Waals surface area contributed by atoms with Crippen LogP contribution >= 0.6 is 0 Å². The molecule has 1 fully saturated rings. The van der Waals surface area contributed by atoms with Gasteiger partial charge in [0.2, 0.25) is 0 Å². The van der Waals surface area contributed by atoms with Crippen molar-refractivity contribution in [2.45, 2.75) is 19.3 Å². The van der Waals surface area contributed by atoms with Gasteiger partial charge in [-0.3, -0.25) is 9.59 Å². The summed E-state index contributed by atoms with van der Waals surface area (Å²) in [7, 11) is 0. The number of ether oxygens (including phenoxy) is 2. The maximum absolute atomic E-state index is 12.7. The van der Waals surface area contributed by atoms with Crippen molar-refractivity contribution in [3.05, 3.63) is 47.7 Å². The number of nitrogens with zero attached hydrogens (tertiary/aromatic N) is 1. The zero-order valence-corrected chi connectivity index (χ0v) is 13.9. The number of benzene rings is 1. The van der Waals surface area contributed by atoms with Gasteiger partial charge in [-0.1, -0.05) is 30.3 Å². The molecule has 0 unspecified atom stereocenters. The van der Waals surface area contributed by atoms with Crippen LogP contribution in [0.15, 0.2) is 42.1 Å². The predicted molar refractivity (Wildman–Crippen MR) is 89.4 cm³/mol. The minimum atomic E-state index is -0.753. The summed E-state index contributed by atoms with van der Waals surface area (Å²) in [5.74, 6) is -1.51. The molecule has 128 valence electrons.